The van der Waals surface area contributed by atoms with Crippen LogP contribution in [0.3, 0.4) is 0 Å². The van der Waals surface area contributed by atoms with Gasteiger partial charge in [0.2, 0.25) is 4.74 Å². The van der Waals surface area contributed by atoms with Crippen LogP contribution >= 0.6 is 22.7 Å². The van der Waals surface area contributed by atoms with Crippen molar-refractivity contribution >= 4 is 43.9 Å². The molecule has 21 heavy (non-hydrogen) atoms. The number of anilines is 1. The number of halogens is 3. The van der Waals surface area contributed by atoms with E-state index in [1.807, 2.05) is 0 Å². The summed E-state index contributed by atoms with van der Waals surface area (Å²) in [5.74, 6) is -2.12. The van der Waals surface area contributed by atoms with E-state index in [-0.39, 0.29) is 9.87 Å². The third-order valence-electron chi connectivity index (χ3n) is 3.23. The lowest BCUT2D eigenvalue weighted by atomic mass is 9.98. The number of nitrogens with zero attached hydrogens (tertiary/aromatic N) is 1. The van der Waals surface area contributed by atoms with Crippen molar-refractivity contribution in [2.24, 2.45) is 0 Å². The highest BCUT2D eigenvalue weighted by Crippen LogP contribution is 2.35. The van der Waals surface area contributed by atoms with Gasteiger partial charge in [0.25, 0.3) is 0 Å². The fraction of sp³-hybridized carbons (Fsp3) is 0.417. The minimum absolute atomic E-state index is 0.312. The van der Waals surface area contributed by atoms with Gasteiger partial charge in [0.05, 0.1) is 5.39 Å². The predicted octanol–water partition coefficient (Wildman–Crippen LogP) is 3.10. The molecule has 1 N–H and O–H groups in total. The molecule has 1 aliphatic carbocycles. The highest BCUT2D eigenvalue weighted by atomic mass is 32.1. The molecule has 0 saturated carbocycles. The summed E-state index contributed by atoms with van der Waals surface area (Å²) in [6, 6.07) is 0. The molecule has 1 amide bonds. The number of fused-ring (bicyclic) bond motifs is 3. The lowest BCUT2D eigenvalue weighted by Gasteiger charge is -2.09. The van der Waals surface area contributed by atoms with Crippen LogP contribution in [0.15, 0.2) is 4.79 Å². The van der Waals surface area contributed by atoms with Crippen LogP contribution in [-0.2, 0) is 17.6 Å². The number of aromatic nitrogens is 1. The predicted molar refractivity (Wildman–Crippen MR) is 75.1 cm³/mol. The SMILES string of the molecule is O=C(Nc1nc2sc3c(c2c(=O)s1)CCCC3)C(F)(F)F. The molecule has 3 rings (SSSR count). The van der Waals surface area contributed by atoms with Gasteiger partial charge in [0, 0.05) is 4.88 Å². The van der Waals surface area contributed by atoms with Gasteiger partial charge in [-0.1, -0.05) is 11.3 Å². The Kier molecular flexibility index (Phi) is 3.48. The first kappa shape index (κ1) is 14.5. The molecule has 0 fully saturated rings. The summed E-state index contributed by atoms with van der Waals surface area (Å²) in [7, 11) is 0. The van der Waals surface area contributed by atoms with Crippen LogP contribution in [0.25, 0.3) is 10.2 Å². The standard InChI is InChI=1S/C12H9F3N2O2S2/c13-12(14,15)10(19)17-11-16-8-7(9(18)21-11)5-3-1-2-4-6(5)20-8/h1-4H2,(H,16,17,19). The Morgan fingerprint density at radius 2 is 1.90 bits per heavy atom. The maximum atomic E-state index is 12.2. The maximum Gasteiger partial charge on any atom is 0.471 e. The summed E-state index contributed by atoms with van der Waals surface area (Å²) in [6.07, 6.45) is -1.30. The van der Waals surface area contributed by atoms with Crippen LogP contribution in [0, 0.1) is 0 Å². The summed E-state index contributed by atoms with van der Waals surface area (Å²) in [4.78, 5) is 28.5. The van der Waals surface area contributed by atoms with Crippen molar-refractivity contribution in [2.45, 2.75) is 31.9 Å². The molecule has 2 aromatic rings. The second-order valence-corrected chi connectivity index (χ2v) is 6.69. The number of aryl methyl sites for hydroxylation is 2. The monoisotopic (exact) mass is 334 g/mol. The Morgan fingerprint density at radius 3 is 2.62 bits per heavy atom. The van der Waals surface area contributed by atoms with E-state index >= 15 is 0 Å². The van der Waals surface area contributed by atoms with Gasteiger partial charge in [-0.05, 0) is 31.2 Å². The van der Waals surface area contributed by atoms with Crippen molar-refractivity contribution in [1.82, 2.24) is 4.98 Å². The topological polar surface area (TPSA) is 59.1 Å². The summed E-state index contributed by atoms with van der Waals surface area (Å²) >= 11 is 1.86. The van der Waals surface area contributed by atoms with Crippen molar-refractivity contribution in [1.29, 1.82) is 0 Å². The molecule has 0 radical (unpaired) electrons. The zero-order valence-corrected chi connectivity index (χ0v) is 12.2. The van der Waals surface area contributed by atoms with E-state index in [0.717, 1.165) is 36.1 Å². The van der Waals surface area contributed by atoms with Crippen LogP contribution in [0.1, 0.15) is 23.3 Å². The number of nitrogens with one attached hydrogen (secondary N) is 1. The Morgan fingerprint density at radius 1 is 1.19 bits per heavy atom. The third-order valence-corrected chi connectivity index (χ3v) is 5.19. The lowest BCUT2D eigenvalue weighted by Crippen LogP contribution is -2.30. The molecule has 4 nitrogen and oxygen atoms in total. The van der Waals surface area contributed by atoms with Gasteiger partial charge < -0.3 is 0 Å². The number of hydrogen-bond donors (Lipinski definition) is 1. The maximum absolute atomic E-state index is 12.2. The molecule has 9 heteroatoms. The van der Waals surface area contributed by atoms with Crippen LogP contribution < -0.4 is 10.1 Å². The Balaban J connectivity index is 2.04. The average Bonchev–Trinajstić information content (AvgIpc) is 2.75. The zero-order chi connectivity index (χ0) is 15.2. The molecular formula is C12H9F3N2O2S2. The second kappa shape index (κ2) is 5.06. The first-order valence-corrected chi connectivity index (χ1v) is 7.83. The summed E-state index contributed by atoms with van der Waals surface area (Å²) in [5.41, 5.74) is 0.976. The van der Waals surface area contributed by atoms with Gasteiger partial charge in [-0.15, -0.1) is 11.3 Å². The zero-order valence-electron chi connectivity index (χ0n) is 10.5. The molecular weight excluding hydrogens is 325 g/mol. The number of rotatable bonds is 1. The van der Waals surface area contributed by atoms with Gasteiger partial charge in [-0.3, -0.25) is 14.9 Å². The van der Waals surface area contributed by atoms with Crippen LogP contribution in [-0.4, -0.2) is 17.1 Å². The summed E-state index contributed by atoms with van der Waals surface area (Å²) in [6.45, 7) is 0. The highest BCUT2D eigenvalue weighted by molar-refractivity contribution is 7.20. The quantitative estimate of drug-likeness (QED) is 0.872. The Bertz CT molecular complexity index is 779. The molecule has 2 aromatic heterocycles. The Hall–Kier alpha value is -1.48. The van der Waals surface area contributed by atoms with Crippen molar-refractivity contribution in [2.75, 3.05) is 5.32 Å². The minimum Gasteiger partial charge on any atom is -0.294 e. The van der Waals surface area contributed by atoms with E-state index < -0.39 is 12.1 Å². The number of carbonyl (C=O) groups is 1. The normalized spacial score (nSPS) is 15.0. The number of carbonyl (C=O) groups excluding carboxylic acids is 1. The molecule has 0 aliphatic heterocycles. The first-order valence-electron chi connectivity index (χ1n) is 6.20. The van der Waals surface area contributed by atoms with Crippen LogP contribution in [0.5, 0.6) is 0 Å². The second-order valence-electron chi connectivity index (χ2n) is 4.65. The van der Waals surface area contributed by atoms with Crippen LogP contribution in [0.4, 0.5) is 18.3 Å². The van der Waals surface area contributed by atoms with Gasteiger partial charge >= 0.3 is 12.1 Å². The van der Waals surface area contributed by atoms with Crippen molar-refractivity contribution in [3.63, 3.8) is 0 Å². The van der Waals surface area contributed by atoms with E-state index in [1.165, 1.54) is 11.3 Å². The summed E-state index contributed by atoms with van der Waals surface area (Å²) in [5, 5.41) is 1.84. The molecule has 0 atom stereocenters. The van der Waals surface area contributed by atoms with Crippen molar-refractivity contribution in [3.8, 4) is 0 Å². The smallest absolute Gasteiger partial charge is 0.294 e. The van der Waals surface area contributed by atoms with E-state index in [1.54, 1.807) is 5.32 Å². The minimum atomic E-state index is -5.00. The van der Waals surface area contributed by atoms with Gasteiger partial charge in [0.15, 0.2) is 5.13 Å². The number of thiophene rings is 1. The number of hydrogen-bond acceptors (Lipinski definition) is 5. The van der Waals surface area contributed by atoms with E-state index in [2.05, 4.69) is 4.98 Å². The largest absolute Gasteiger partial charge is 0.471 e. The average molecular weight is 334 g/mol. The third kappa shape index (κ3) is 2.67. The van der Waals surface area contributed by atoms with E-state index in [0.29, 0.717) is 21.6 Å². The fourth-order valence-electron chi connectivity index (χ4n) is 2.32. The molecule has 112 valence electrons. The summed E-state index contributed by atoms with van der Waals surface area (Å²) < 4.78 is 36.3. The van der Waals surface area contributed by atoms with Gasteiger partial charge in [-0.2, -0.15) is 13.2 Å². The molecule has 0 bridgehead atoms. The van der Waals surface area contributed by atoms with Gasteiger partial charge in [0.1, 0.15) is 4.83 Å². The van der Waals surface area contributed by atoms with E-state index in [4.69, 9.17) is 0 Å². The Labute approximate surface area is 124 Å². The highest BCUT2D eigenvalue weighted by Gasteiger charge is 2.39. The fourth-order valence-corrected chi connectivity index (χ4v) is 4.48. The number of alkyl halides is 3. The molecule has 0 unspecified atom stereocenters. The molecule has 1 aliphatic rings. The van der Waals surface area contributed by atoms with Crippen LogP contribution in [0.2, 0.25) is 0 Å². The van der Waals surface area contributed by atoms with E-state index in [9.17, 15) is 22.8 Å². The molecule has 0 spiro atoms. The lowest BCUT2D eigenvalue weighted by molar-refractivity contribution is -0.167. The van der Waals surface area contributed by atoms with Gasteiger partial charge in [-0.25, -0.2) is 4.98 Å². The molecule has 0 saturated heterocycles. The van der Waals surface area contributed by atoms with Crippen molar-refractivity contribution < 1.29 is 18.0 Å². The first-order chi connectivity index (χ1) is 9.86. The molecule has 0 aromatic carbocycles. The van der Waals surface area contributed by atoms with Crippen molar-refractivity contribution in [3.05, 3.63) is 20.0 Å². The number of amides is 1. The molecule has 2 heterocycles.